The van der Waals surface area contributed by atoms with E-state index in [1.54, 1.807) is 18.2 Å². The normalized spacial score (nSPS) is 13.6. The van der Waals surface area contributed by atoms with Crippen LogP contribution in [0.2, 0.25) is 10.0 Å². The van der Waals surface area contributed by atoms with Gasteiger partial charge in [0.05, 0.1) is 0 Å². The Labute approximate surface area is 121 Å². The molecule has 0 spiro atoms. The third kappa shape index (κ3) is 6.02. The zero-order chi connectivity index (χ0) is 14.5. The van der Waals surface area contributed by atoms with Gasteiger partial charge in [-0.15, -0.1) is 0 Å². The van der Waals surface area contributed by atoms with Crippen LogP contribution in [0.3, 0.4) is 0 Å². The Morgan fingerprint density at radius 1 is 1.26 bits per heavy atom. The fraction of sp³-hybridized carbons (Fsp3) is 0.538. The first-order valence-electron chi connectivity index (χ1n) is 6.08. The fourth-order valence-corrected chi connectivity index (χ4v) is 2.33. The number of hydrogen-bond donors (Lipinski definition) is 1. The van der Waals surface area contributed by atoms with Crippen LogP contribution in [0.25, 0.3) is 0 Å². The molecule has 1 rings (SSSR count). The van der Waals surface area contributed by atoms with E-state index in [0.29, 0.717) is 23.0 Å². The molecule has 19 heavy (non-hydrogen) atoms. The summed E-state index contributed by atoms with van der Waals surface area (Å²) in [5.74, 6) is 0. The van der Waals surface area contributed by atoms with Crippen molar-refractivity contribution in [3.63, 3.8) is 0 Å². The first-order chi connectivity index (χ1) is 8.83. The van der Waals surface area contributed by atoms with Gasteiger partial charge in [-0.1, -0.05) is 30.1 Å². The predicted molar refractivity (Wildman–Crippen MR) is 72.8 cm³/mol. The van der Waals surface area contributed by atoms with Gasteiger partial charge >= 0.3 is 6.18 Å². The van der Waals surface area contributed by atoms with E-state index < -0.39 is 12.6 Å². The highest BCUT2D eigenvalue weighted by molar-refractivity contribution is 6.33. The van der Waals surface area contributed by atoms with Crippen molar-refractivity contribution in [3.8, 4) is 0 Å². The third-order valence-electron chi connectivity index (χ3n) is 2.74. The van der Waals surface area contributed by atoms with Crippen LogP contribution in [0, 0.1) is 0 Å². The molecule has 0 aliphatic heterocycles. The largest absolute Gasteiger partial charge is 0.389 e. The van der Waals surface area contributed by atoms with Crippen molar-refractivity contribution < 1.29 is 13.2 Å². The van der Waals surface area contributed by atoms with Crippen molar-refractivity contribution in [3.05, 3.63) is 33.8 Å². The standard InChI is InChI=1S/C13H16Cl2F3N/c1-2-19-12(4-3-7-13(16,17)18)10-8-9(14)5-6-11(10)15/h5-6,8,12,19H,2-4,7H2,1H3. The SMILES string of the molecule is CCNC(CCCC(F)(F)F)c1cc(Cl)ccc1Cl. The van der Waals surface area contributed by atoms with Gasteiger partial charge in [-0.3, -0.25) is 0 Å². The van der Waals surface area contributed by atoms with E-state index in [0.717, 1.165) is 5.56 Å². The minimum Gasteiger partial charge on any atom is -0.310 e. The molecule has 0 heterocycles. The Bertz CT molecular complexity index is 407. The van der Waals surface area contributed by atoms with Gasteiger partial charge in [-0.2, -0.15) is 13.2 Å². The van der Waals surface area contributed by atoms with Crippen LogP contribution in [0.1, 0.15) is 37.8 Å². The lowest BCUT2D eigenvalue weighted by Crippen LogP contribution is -2.22. The lowest BCUT2D eigenvalue weighted by molar-refractivity contribution is -0.135. The molecule has 0 aromatic heterocycles. The lowest BCUT2D eigenvalue weighted by Gasteiger charge is -2.20. The molecule has 1 aromatic carbocycles. The molecule has 0 amide bonds. The van der Waals surface area contributed by atoms with Gasteiger partial charge in [0.25, 0.3) is 0 Å². The summed E-state index contributed by atoms with van der Waals surface area (Å²) in [5.41, 5.74) is 0.748. The number of benzene rings is 1. The van der Waals surface area contributed by atoms with Gasteiger partial charge in [0, 0.05) is 22.5 Å². The van der Waals surface area contributed by atoms with Gasteiger partial charge in [0.2, 0.25) is 0 Å². The molecule has 0 radical (unpaired) electrons. The van der Waals surface area contributed by atoms with Gasteiger partial charge in [0.1, 0.15) is 0 Å². The Morgan fingerprint density at radius 3 is 2.53 bits per heavy atom. The fourth-order valence-electron chi connectivity index (χ4n) is 1.90. The Hall–Kier alpha value is -0.450. The Morgan fingerprint density at radius 2 is 1.95 bits per heavy atom. The van der Waals surface area contributed by atoms with Crippen LogP contribution in [-0.2, 0) is 0 Å². The highest BCUT2D eigenvalue weighted by atomic mass is 35.5. The van der Waals surface area contributed by atoms with E-state index in [1.165, 1.54) is 0 Å². The van der Waals surface area contributed by atoms with Crippen LogP contribution < -0.4 is 5.32 Å². The summed E-state index contributed by atoms with van der Waals surface area (Å²) in [4.78, 5) is 0. The quantitative estimate of drug-likeness (QED) is 0.743. The Balaban J connectivity index is 2.73. The van der Waals surface area contributed by atoms with E-state index in [-0.39, 0.29) is 12.5 Å². The monoisotopic (exact) mass is 313 g/mol. The molecule has 1 N–H and O–H groups in total. The van der Waals surface area contributed by atoms with Crippen LogP contribution in [-0.4, -0.2) is 12.7 Å². The maximum atomic E-state index is 12.2. The summed E-state index contributed by atoms with van der Waals surface area (Å²) in [6.07, 6.45) is -4.47. The zero-order valence-electron chi connectivity index (χ0n) is 10.5. The molecule has 0 fully saturated rings. The molecule has 0 aliphatic carbocycles. The van der Waals surface area contributed by atoms with E-state index in [9.17, 15) is 13.2 Å². The first-order valence-corrected chi connectivity index (χ1v) is 6.84. The number of halogens is 5. The molecule has 0 saturated carbocycles. The number of hydrogen-bond acceptors (Lipinski definition) is 1. The Kier molecular flexibility index (Phi) is 6.43. The molecular weight excluding hydrogens is 298 g/mol. The van der Waals surface area contributed by atoms with E-state index >= 15 is 0 Å². The van der Waals surface area contributed by atoms with Crippen molar-refractivity contribution in [1.29, 1.82) is 0 Å². The maximum absolute atomic E-state index is 12.2. The minimum absolute atomic E-state index is 0.0595. The summed E-state index contributed by atoms with van der Waals surface area (Å²) in [5, 5.41) is 4.18. The summed E-state index contributed by atoms with van der Waals surface area (Å²) in [6.45, 7) is 2.55. The van der Waals surface area contributed by atoms with Crippen molar-refractivity contribution in [2.75, 3.05) is 6.54 Å². The molecule has 1 atom stereocenters. The smallest absolute Gasteiger partial charge is 0.310 e. The second-order valence-corrected chi connectivity index (χ2v) is 5.13. The number of alkyl halides is 3. The third-order valence-corrected chi connectivity index (χ3v) is 3.32. The minimum atomic E-state index is -4.12. The van der Waals surface area contributed by atoms with Crippen molar-refractivity contribution in [2.24, 2.45) is 0 Å². The number of nitrogens with one attached hydrogen (secondary N) is 1. The molecule has 1 nitrogen and oxygen atoms in total. The van der Waals surface area contributed by atoms with Gasteiger partial charge in [-0.05, 0) is 43.1 Å². The van der Waals surface area contributed by atoms with Crippen LogP contribution in [0.5, 0.6) is 0 Å². The molecular formula is C13H16Cl2F3N. The summed E-state index contributed by atoms with van der Waals surface area (Å²) in [6, 6.07) is 4.81. The molecule has 0 saturated heterocycles. The molecule has 1 aromatic rings. The summed E-state index contributed by atoms with van der Waals surface area (Å²) >= 11 is 12.0. The second kappa shape index (κ2) is 7.36. The average Bonchev–Trinajstić information content (AvgIpc) is 2.30. The van der Waals surface area contributed by atoms with Crippen molar-refractivity contribution >= 4 is 23.2 Å². The van der Waals surface area contributed by atoms with Crippen molar-refractivity contribution in [1.82, 2.24) is 5.32 Å². The zero-order valence-corrected chi connectivity index (χ0v) is 12.0. The van der Waals surface area contributed by atoms with Gasteiger partial charge in [-0.25, -0.2) is 0 Å². The van der Waals surface area contributed by atoms with Crippen LogP contribution >= 0.6 is 23.2 Å². The molecule has 0 bridgehead atoms. The topological polar surface area (TPSA) is 12.0 Å². The maximum Gasteiger partial charge on any atom is 0.389 e. The van der Waals surface area contributed by atoms with E-state index in [4.69, 9.17) is 23.2 Å². The van der Waals surface area contributed by atoms with E-state index in [2.05, 4.69) is 5.32 Å². The molecule has 1 unspecified atom stereocenters. The molecule has 0 aliphatic rings. The van der Waals surface area contributed by atoms with Gasteiger partial charge < -0.3 is 5.32 Å². The average molecular weight is 314 g/mol. The molecule has 6 heteroatoms. The highest BCUT2D eigenvalue weighted by Gasteiger charge is 2.27. The second-order valence-electron chi connectivity index (χ2n) is 4.28. The van der Waals surface area contributed by atoms with Gasteiger partial charge in [0.15, 0.2) is 0 Å². The van der Waals surface area contributed by atoms with Crippen LogP contribution in [0.15, 0.2) is 18.2 Å². The van der Waals surface area contributed by atoms with Crippen LogP contribution in [0.4, 0.5) is 13.2 Å². The highest BCUT2D eigenvalue weighted by Crippen LogP contribution is 2.31. The predicted octanol–water partition coefficient (Wildman–Crippen LogP) is 5.38. The summed E-state index contributed by atoms with van der Waals surface area (Å²) < 4.78 is 36.5. The molecule has 108 valence electrons. The number of rotatable bonds is 6. The van der Waals surface area contributed by atoms with E-state index in [1.807, 2.05) is 6.92 Å². The summed E-state index contributed by atoms with van der Waals surface area (Å²) in [7, 11) is 0. The van der Waals surface area contributed by atoms with Crippen molar-refractivity contribution in [2.45, 2.75) is 38.4 Å². The first kappa shape index (κ1) is 16.6. The lowest BCUT2D eigenvalue weighted by atomic mass is 10.0.